The average Bonchev–Trinajstić information content (AvgIpc) is 3.36. The Hall–Kier alpha value is -3.81. The highest BCUT2D eigenvalue weighted by Gasteiger charge is 2.26. The van der Waals surface area contributed by atoms with E-state index in [4.69, 9.17) is 23.7 Å². The number of aliphatic imine (C=N–C) groups is 1. The Morgan fingerprint density at radius 2 is 1.94 bits per heavy atom. The summed E-state index contributed by atoms with van der Waals surface area (Å²) < 4.78 is 27.0. The van der Waals surface area contributed by atoms with Crippen molar-refractivity contribution in [2.45, 2.75) is 20.8 Å². The summed E-state index contributed by atoms with van der Waals surface area (Å²) in [6.45, 7) is 5.88. The van der Waals surface area contributed by atoms with Crippen LogP contribution in [0.1, 0.15) is 31.9 Å². The van der Waals surface area contributed by atoms with Gasteiger partial charge in [0.05, 0.1) is 12.5 Å². The molecule has 2 heterocycles. The number of hydrogen-bond acceptors (Lipinski definition) is 8. The fraction of sp³-hybridized carbons (Fsp3) is 0.261. The Bertz CT molecular complexity index is 1100. The Kier molecular flexibility index (Phi) is 5.62. The van der Waals surface area contributed by atoms with Gasteiger partial charge in [0.25, 0.3) is 0 Å². The van der Waals surface area contributed by atoms with Crippen molar-refractivity contribution in [1.29, 1.82) is 0 Å². The summed E-state index contributed by atoms with van der Waals surface area (Å²) in [6, 6.07) is 10.2. The number of carbonyl (C=O) groups excluding carboxylic acids is 2. The molecule has 0 saturated heterocycles. The quantitative estimate of drug-likeness (QED) is 0.397. The molecule has 0 spiro atoms. The molecule has 0 unspecified atom stereocenters. The molecule has 4 rings (SSSR count). The molecule has 2 aliphatic rings. The maximum atomic E-state index is 12.3. The molecule has 31 heavy (non-hydrogen) atoms. The van der Waals surface area contributed by atoms with Crippen LogP contribution < -0.4 is 18.9 Å². The van der Waals surface area contributed by atoms with Crippen LogP contribution in [0.15, 0.2) is 47.1 Å². The third-order valence-corrected chi connectivity index (χ3v) is 4.49. The van der Waals surface area contributed by atoms with Crippen LogP contribution in [0.4, 0.5) is 0 Å². The number of benzene rings is 2. The van der Waals surface area contributed by atoms with E-state index in [1.807, 2.05) is 6.92 Å². The number of fused-ring (bicyclic) bond motifs is 1. The second kappa shape index (κ2) is 8.51. The number of rotatable bonds is 6. The molecule has 2 aliphatic heterocycles. The number of hydrogen-bond donors (Lipinski definition) is 0. The standard InChI is InChI=1S/C23H21NO7/c1-4-27-19-10-14(5-7-18(19)30-22(25)13(2)3)9-16-23(26)31-21(24-16)15-6-8-17-20(11-15)29-12-28-17/h5-11,13H,4,12H2,1-3H3. The van der Waals surface area contributed by atoms with E-state index in [2.05, 4.69) is 4.99 Å². The molecule has 0 bridgehead atoms. The number of nitrogens with zero attached hydrogens (tertiary/aromatic N) is 1. The SMILES string of the molecule is CCOc1cc(C=C2N=C(c3ccc4c(c3)OCO4)OC2=O)ccc1OC(=O)C(C)C. The molecule has 0 aromatic heterocycles. The predicted molar refractivity (Wildman–Crippen MR) is 111 cm³/mol. The van der Waals surface area contributed by atoms with Gasteiger partial charge in [-0.05, 0) is 48.9 Å². The Balaban J connectivity index is 1.60. The third kappa shape index (κ3) is 4.37. The lowest BCUT2D eigenvalue weighted by atomic mass is 10.1. The molecular weight excluding hydrogens is 402 g/mol. The summed E-state index contributed by atoms with van der Waals surface area (Å²) in [4.78, 5) is 28.6. The van der Waals surface area contributed by atoms with Crippen LogP contribution in [0.3, 0.4) is 0 Å². The maximum Gasteiger partial charge on any atom is 0.363 e. The van der Waals surface area contributed by atoms with Gasteiger partial charge in [-0.25, -0.2) is 9.79 Å². The van der Waals surface area contributed by atoms with Crippen molar-refractivity contribution in [3.8, 4) is 23.0 Å². The van der Waals surface area contributed by atoms with E-state index < -0.39 is 5.97 Å². The van der Waals surface area contributed by atoms with Gasteiger partial charge in [0.15, 0.2) is 28.7 Å². The monoisotopic (exact) mass is 423 g/mol. The third-order valence-electron chi connectivity index (χ3n) is 4.49. The molecule has 0 aliphatic carbocycles. The van der Waals surface area contributed by atoms with E-state index in [0.717, 1.165) is 0 Å². The predicted octanol–water partition coefficient (Wildman–Crippen LogP) is 3.72. The first-order valence-electron chi connectivity index (χ1n) is 9.85. The van der Waals surface area contributed by atoms with Crippen LogP contribution in [0, 0.1) is 5.92 Å². The van der Waals surface area contributed by atoms with E-state index in [1.54, 1.807) is 56.3 Å². The molecule has 0 N–H and O–H groups in total. The zero-order valence-electron chi connectivity index (χ0n) is 17.3. The van der Waals surface area contributed by atoms with Gasteiger partial charge in [0.2, 0.25) is 12.7 Å². The summed E-state index contributed by atoms with van der Waals surface area (Å²) in [5, 5.41) is 0. The summed E-state index contributed by atoms with van der Waals surface area (Å²) >= 11 is 0. The van der Waals surface area contributed by atoms with Crippen LogP contribution in [-0.2, 0) is 14.3 Å². The minimum Gasteiger partial charge on any atom is -0.490 e. The van der Waals surface area contributed by atoms with Crippen molar-refractivity contribution in [2.24, 2.45) is 10.9 Å². The lowest BCUT2D eigenvalue weighted by molar-refractivity contribution is -0.138. The van der Waals surface area contributed by atoms with Crippen molar-refractivity contribution in [2.75, 3.05) is 13.4 Å². The highest BCUT2D eigenvalue weighted by Crippen LogP contribution is 2.34. The van der Waals surface area contributed by atoms with Gasteiger partial charge in [-0.3, -0.25) is 4.79 Å². The van der Waals surface area contributed by atoms with E-state index in [0.29, 0.717) is 40.7 Å². The van der Waals surface area contributed by atoms with Crippen molar-refractivity contribution in [1.82, 2.24) is 0 Å². The molecule has 0 amide bonds. The lowest BCUT2D eigenvalue weighted by Crippen LogP contribution is -2.15. The van der Waals surface area contributed by atoms with Gasteiger partial charge in [-0.1, -0.05) is 19.9 Å². The van der Waals surface area contributed by atoms with E-state index in [9.17, 15) is 9.59 Å². The molecule has 8 nitrogen and oxygen atoms in total. The number of esters is 2. The highest BCUT2D eigenvalue weighted by molar-refractivity contribution is 6.13. The molecule has 0 fully saturated rings. The van der Waals surface area contributed by atoms with Crippen LogP contribution >= 0.6 is 0 Å². The van der Waals surface area contributed by atoms with E-state index in [-0.39, 0.29) is 30.3 Å². The molecule has 0 saturated carbocycles. The van der Waals surface area contributed by atoms with Crippen LogP contribution in [0.2, 0.25) is 0 Å². The molecule has 0 radical (unpaired) electrons. The van der Waals surface area contributed by atoms with Crippen molar-refractivity contribution in [3.05, 3.63) is 53.2 Å². The smallest absolute Gasteiger partial charge is 0.363 e. The Labute approximate surface area is 179 Å². The van der Waals surface area contributed by atoms with Crippen molar-refractivity contribution in [3.63, 3.8) is 0 Å². The second-order valence-corrected chi connectivity index (χ2v) is 7.12. The number of carbonyl (C=O) groups is 2. The molecule has 2 aromatic carbocycles. The maximum absolute atomic E-state index is 12.3. The molecular formula is C23H21NO7. The van der Waals surface area contributed by atoms with Gasteiger partial charge in [-0.2, -0.15) is 0 Å². The van der Waals surface area contributed by atoms with Gasteiger partial charge < -0.3 is 23.7 Å². The van der Waals surface area contributed by atoms with Gasteiger partial charge in [0.1, 0.15) is 0 Å². The van der Waals surface area contributed by atoms with E-state index >= 15 is 0 Å². The zero-order valence-corrected chi connectivity index (χ0v) is 17.3. The highest BCUT2D eigenvalue weighted by atomic mass is 16.7. The molecule has 8 heteroatoms. The summed E-state index contributed by atoms with van der Waals surface area (Å²) in [5.74, 6) is 0.909. The zero-order chi connectivity index (χ0) is 22.0. The van der Waals surface area contributed by atoms with Gasteiger partial charge in [0, 0.05) is 5.56 Å². The van der Waals surface area contributed by atoms with Crippen LogP contribution in [0.25, 0.3) is 6.08 Å². The number of cyclic esters (lactones) is 1. The normalized spacial score (nSPS) is 15.8. The summed E-state index contributed by atoms with van der Waals surface area (Å²) in [7, 11) is 0. The van der Waals surface area contributed by atoms with E-state index in [1.165, 1.54) is 0 Å². The molecule has 0 atom stereocenters. The molecule has 2 aromatic rings. The van der Waals surface area contributed by atoms with Gasteiger partial charge >= 0.3 is 11.9 Å². The first kappa shape index (κ1) is 20.5. The first-order valence-corrected chi connectivity index (χ1v) is 9.85. The fourth-order valence-corrected chi connectivity index (χ4v) is 2.91. The van der Waals surface area contributed by atoms with Crippen LogP contribution in [0.5, 0.6) is 23.0 Å². The second-order valence-electron chi connectivity index (χ2n) is 7.12. The lowest BCUT2D eigenvalue weighted by Gasteiger charge is -2.12. The van der Waals surface area contributed by atoms with Crippen molar-refractivity contribution >= 4 is 23.9 Å². The largest absolute Gasteiger partial charge is 0.490 e. The average molecular weight is 423 g/mol. The first-order chi connectivity index (χ1) is 14.9. The van der Waals surface area contributed by atoms with Crippen LogP contribution in [-0.4, -0.2) is 31.2 Å². The Morgan fingerprint density at radius 1 is 1.13 bits per heavy atom. The fourth-order valence-electron chi connectivity index (χ4n) is 2.91. The topological polar surface area (TPSA) is 92.7 Å². The summed E-state index contributed by atoms with van der Waals surface area (Å²) in [6.07, 6.45) is 1.58. The van der Waals surface area contributed by atoms with Crippen molar-refractivity contribution < 1.29 is 33.3 Å². The Morgan fingerprint density at radius 3 is 2.71 bits per heavy atom. The minimum atomic E-state index is -0.569. The minimum absolute atomic E-state index is 0.141. The summed E-state index contributed by atoms with van der Waals surface area (Å²) in [5.41, 5.74) is 1.39. The van der Waals surface area contributed by atoms with Gasteiger partial charge in [-0.15, -0.1) is 0 Å². The number of ether oxygens (including phenoxy) is 5. The molecule has 160 valence electrons.